The third-order valence-corrected chi connectivity index (χ3v) is 13.5. The lowest BCUT2D eigenvalue weighted by atomic mass is 9.76. The number of fused-ring (bicyclic) bond motifs is 2. The molecule has 4 saturated heterocycles. The van der Waals surface area contributed by atoms with Crippen LogP contribution < -0.4 is 15.1 Å². The van der Waals surface area contributed by atoms with E-state index in [2.05, 4.69) is 43.9 Å². The van der Waals surface area contributed by atoms with Crippen molar-refractivity contribution in [3.05, 3.63) is 98.9 Å². The van der Waals surface area contributed by atoms with Crippen molar-refractivity contribution in [3.8, 4) is 0 Å². The second-order valence-electron chi connectivity index (χ2n) is 16.8. The molecule has 4 fully saturated rings. The molecule has 13 nitrogen and oxygen atoms in total. The van der Waals surface area contributed by atoms with Crippen LogP contribution >= 0.6 is 11.6 Å². The van der Waals surface area contributed by atoms with Crippen LogP contribution in [0.1, 0.15) is 81.2 Å². The first-order chi connectivity index (χ1) is 27.4. The summed E-state index contributed by atoms with van der Waals surface area (Å²) in [5.74, 6) is -2.08. The lowest BCUT2D eigenvalue weighted by Gasteiger charge is -2.50. The third kappa shape index (κ3) is 6.44. The molecule has 57 heavy (non-hydrogen) atoms. The van der Waals surface area contributed by atoms with Crippen LogP contribution in [-0.2, 0) is 27.4 Å². The highest BCUT2D eigenvalue weighted by Gasteiger charge is 2.49. The number of carbonyl (C=O) groups is 5. The van der Waals surface area contributed by atoms with Gasteiger partial charge >= 0.3 is 0 Å². The summed E-state index contributed by atoms with van der Waals surface area (Å²) in [5, 5.41) is 2.74. The number of likely N-dealkylation sites (tertiary alicyclic amines) is 1. The Balaban J connectivity index is 0.777. The summed E-state index contributed by atoms with van der Waals surface area (Å²) in [4.78, 5) is 77.8. The van der Waals surface area contributed by atoms with Crippen molar-refractivity contribution in [1.29, 1.82) is 0 Å². The predicted octanol–water partition coefficient (Wildman–Crippen LogP) is 5.03. The van der Waals surface area contributed by atoms with Gasteiger partial charge in [-0.15, -0.1) is 0 Å². The number of ether oxygens (including phenoxy) is 1. The number of hydrogen-bond donors (Lipinski definition) is 1. The number of carbonyl (C=O) groups excluding carboxylic acids is 5. The van der Waals surface area contributed by atoms with Gasteiger partial charge in [0.1, 0.15) is 11.6 Å². The highest BCUT2D eigenvalue weighted by Crippen LogP contribution is 2.46. The first-order valence-corrected chi connectivity index (χ1v) is 20.0. The minimum atomic E-state index is -0.994. The molecule has 3 aromatic carbocycles. The second-order valence-corrected chi connectivity index (χ2v) is 17.2. The van der Waals surface area contributed by atoms with Crippen molar-refractivity contribution < 1.29 is 28.7 Å². The van der Waals surface area contributed by atoms with Crippen molar-refractivity contribution in [3.63, 3.8) is 0 Å². The van der Waals surface area contributed by atoms with Crippen molar-refractivity contribution in [2.24, 2.45) is 5.41 Å². The molecule has 1 N–H and O–H groups in total. The van der Waals surface area contributed by atoms with Gasteiger partial charge in [-0.3, -0.25) is 39.1 Å². The molecule has 294 valence electrons. The van der Waals surface area contributed by atoms with Gasteiger partial charge in [0.05, 0.1) is 30.8 Å². The molecule has 14 heteroatoms. The second kappa shape index (κ2) is 14.0. The maximum absolute atomic E-state index is 13.6. The highest BCUT2D eigenvalue weighted by molar-refractivity contribution is 6.33. The molecular weight excluding hydrogens is 746 g/mol. The van der Waals surface area contributed by atoms with E-state index in [1.165, 1.54) is 0 Å². The average Bonchev–Trinajstić information content (AvgIpc) is 3.81. The molecule has 6 heterocycles. The summed E-state index contributed by atoms with van der Waals surface area (Å²) in [6, 6.07) is 16.6. The van der Waals surface area contributed by atoms with Crippen LogP contribution in [0, 0.1) is 12.0 Å². The zero-order valence-corrected chi connectivity index (χ0v) is 32.8. The number of nitrogens with zero attached hydrogens (tertiary/aromatic N) is 6. The van der Waals surface area contributed by atoms with Crippen LogP contribution in [0.5, 0.6) is 0 Å². The molecule has 0 saturated carbocycles. The Labute approximate surface area is 336 Å². The fourth-order valence-electron chi connectivity index (χ4n) is 10.1. The maximum Gasteiger partial charge on any atom is 0.262 e. The molecule has 1 spiro atoms. The van der Waals surface area contributed by atoms with E-state index in [9.17, 15) is 24.0 Å². The van der Waals surface area contributed by atoms with Gasteiger partial charge in [0, 0.05) is 80.8 Å². The van der Waals surface area contributed by atoms with E-state index in [0.717, 1.165) is 66.3 Å². The van der Waals surface area contributed by atoms with Crippen LogP contribution in [0.25, 0.3) is 4.85 Å². The fraction of sp³-hybridized carbons (Fsp3) is 0.442. The highest BCUT2D eigenvalue weighted by atomic mass is 35.5. The summed E-state index contributed by atoms with van der Waals surface area (Å²) in [5.41, 5.74) is 5.46. The predicted molar refractivity (Wildman–Crippen MR) is 212 cm³/mol. The summed E-state index contributed by atoms with van der Waals surface area (Å²) < 4.78 is 6.02. The average molecular weight is 790 g/mol. The summed E-state index contributed by atoms with van der Waals surface area (Å²) in [6.07, 6.45) is 3.48. The van der Waals surface area contributed by atoms with Gasteiger partial charge in [-0.1, -0.05) is 17.7 Å². The molecule has 3 aromatic rings. The van der Waals surface area contributed by atoms with Crippen LogP contribution in [0.3, 0.4) is 0 Å². The number of rotatable bonds is 7. The van der Waals surface area contributed by atoms with Gasteiger partial charge in [0.2, 0.25) is 17.5 Å². The molecular formula is C43H44ClN7O6. The van der Waals surface area contributed by atoms with Crippen LogP contribution in [0.15, 0.2) is 54.6 Å². The van der Waals surface area contributed by atoms with Crippen molar-refractivity contribution >= 4 is 58.2 Å². The van der Waals surface area contributed by atoms with Crippen molar-refractivity contribution in [2.45, 2.75) is 69.8 Å². The molecule has 1 unspecified atom stereocenters. The molecule has 6 aliphatic heterocycles. The molecule has 0 radical (unpaired) electrons. The zero-order valence-electron chi connectivity index (χ0n) is 32.1. The monoisotopic (exact) mass is 789 g/mol. The van der Waals surface area contributed by atoms with Gasteiger partial charge in [0.25, 0.3) is 17.7 Å². The number of amides is 5. The number of benzene rings is 3. The Hall–Kier alpha value is -5.29. The Morgan fingerprint density at radius 1 is 0.930 bits per heavy atom. The zero-order chi connectivity index (χ0) is 39.8. The van der Waals surface area contributed by atoms with Gasteiger partial charge < -0.3 is 19.4 Å². The van der Waals surface area contributed by atoms with E-state index >= 15 is 0 Å². The maximum atomic E-state index is 13.6. The first-order valence-electron chi connectivity index (χ1n) is 19.6. The minimum Gasteiger partial charge on any atom is -0.373 e. The number of hydrogen-bond acceptors (Lipinski definition) is 9. The third-order valence-electron chi connectivity index (χ3n) is 13.2. The Morgan fingerprint density at radius 3 is 2.18 bits per heavy atom. The van der Waals surface area contributed by atoms with Gasteiger partial charge in [0.15, 0.2) is 0 Å². The summed E-state index contributed by atoms with van der Waals surface area (Å²) in [7, 11) is 1.67. The Bertz CT molecular complexity index is 2210. The van der Waals surface area contributed by atoms with Crippen LogP contribution in [0.4, 0.5) is 17.1 Å². The molecule has 0 bridgehead atoms. The SMILES string of the molecule is [C-]#[N+]c1ccc(N2CC3(CCN(c4ccc(C(=O)N5CC(CN6Cc7cc8c(cc7C6)C(=O)N(C6CCC(=O)NC6=O)C8=O)(OC)C5)cc4)CC3)C[C@@H]2C)cc1Cl. The Kier molecular flexibility index (Phi) is 9.14. The number of halogens is 1. The largest absolute Gasteiger partial charge is 0.373 e. The summed E-state index contributed by atoms with van der Waals surface area (Å²) >= 11 is 6.38. The quantitative estimate of drug-likeness (QED) is 0.259. The normalized spacial score (nSPS) is 23.8. The molecule has 9 rings (SSSR count). The molecule has 6 aliphatic rings. The molecule has 0 aromatic heterocycles. The van der Waals surface area contributed by atoms with E-state index in [-0.39, 0.29) is 35.3 Å². The molecule has 0 aliphatic carbocycles. The van der Waals surface area contributed by atoms with Crippen LogP contribution in [0.2, 0.25) is 5.02 Å². The van der Waals surface area contributed by atoms with Crippen molar-refractivity contribution in [1.82, 2.24) is 20.0 Å². The van der Waals surface area contributed by atoms with E-state index in [4.69, 9.17) is 22.9 Å². The van der Waals surface area contributed by atoms with E-state index in [0.29, 0.717) is 55.0 Å². The van der Waals surface area contributed by atoms with Gasteiger partial charge in [-0.05, 0) is 97.7 Å². The smallest absolute Gasteiger partial charge is 0.262 e. The van der Waals surface area contributed by atoms with Crippen LogP contribution in [-0.4, -0.2) is 108 Å². The van der Waals surface area contributed by atoms with E-state index in [1.807, 2.05) is 35.2 Å². The lowest BCUT2D eigenvalue weighted by molar-refractivity contribution is -0.136. The molecule has 5 amide bonds. The first kappa shape index (κ1) is 37.3. The topological polar surface area (TPSA) is 127 Å². The van der Waals surface area contributed by atoms with Crippen molar-refractivity contribution in [2.75, 3.05) is 56.2 Å². The number of piperidine rings is 2. The van der Waals surface area contributed by atoms with Gasteiger partial charge in [-0.25, -0.2) is 4.85 Å². The standard InChI is InChI=1S/C43H44ClN7O6/c1-26-19-42(22-50(26)31-8-9-35(45-2)34(44)18-31)12-14-48(15-13-42)30-6-4-27(5-7-30)39(54)49-24-43(25-49,57-3)23-47-20-28-16-32-33(17-29(28)21-47)41(56)51(40(32)55)36-10-11-37(52)46-38(36)53/h4-9,16-18,26,36H,10-15,19-25H2,1,3H3,(H,46,52,53)/t26-,36?/m0/s1. The minimum absolute atomic E-state index is 0.0323. The fourth-order valence-corrected chi connectivity index (χ4v) is 10.3. The number of nitrogens with one attached hydrogen (secondary N) is 1. The van der Waals surface area contributed by atoms with Gasteiger partial charge in [-0.2, -0.15) is 0 Å². The summed E-state index contributed by atoms with van der Waals surface area (Å²) in [6.45, 7) is 15.0. The number of methoxy groups -OCH3 is 1. The molecule has 2 atom stereocenters. The lowest BCUT2D eigenvalue weighted by Crippen LogP contribution is -2.68. The number of anilines is 2. The van der Waals surface area contributed by atoms with E-state index < -0.39 is 35.3 Å². The number of imide groups is 2. The Morgan fingerprint density at radius 2 is 1.58 bits per heavy atom. The van der Waals surface area contributed by atoms with E-state index in [1.54, 1.807) is 19.2 Å².